The van der Waals surface area contributed by atoms with Gasteiger partial charge in [0.2, 0.25) is 17.7 Å². The van der Waals surface area contributed by atoms with Gasteiger partial charge in [-0.2, -0.15) is 0 Å². The predicted molar refractivity (Wildman–Crippen MR) is 154 cm³/mol. The number of nitrogens with one attached hydrogen (secondary N) is 3. The number of ether oxygens (including phenoxy) is 5. The second kappa shape index (κ2) is 20.3. The fraction of sp³-hybridized carbons (Fsp3) is 0.630. The van der Waals surface area contributed by atoms with Gasteiger partial charge in [-0.05, 0) is 30.2 Å². The molecule has 0 aliphatic carbocycles. The van der Waals surface area contributed by atoms with Gasteiger partial charge in [0, 0.05) is 43.9 Å². The number of fused-ring (bicyclic) bond motifs is 1. The molecule has 0 spiro atoms. The lowest BCUT2D eigenvalue weighted by atomic mass is 10.0. The van der Waals surface area contributed by atoms with Crippen molar-refractivity contribution in [1.29, 1.82) is 0 Å². The van der Waals surface area contributed by atoms with Gasteiger partial charge in [0.15, 0.2) is 0 Å². The zero-order valence-corrected chi connectivity index (χ0v) is 24.5. The van der Waals surface area contributed by atoms with Crippen molar-refractivity contribution in [3.63, 3.8) is 0 Å². The Hall–Kier alpha value is -2.69. The first-order chi connectivity index (χ1) is 20.0. The maximum absolute atomic E-state index is 12.8. The molecule has 2 aliphatic rings. The van der Waals surface area contributed by atoms with E-state index in [4.69, 9.17) is 29.4 Å². The third-order valence-electron chi connectivity index (χ3n) is 6.27. The van der Waals surface area contributed by atoms with E-state index in [2.05, 4.69) is 16.0 Å². The zero-order valence-electron chi connectivity index (χ0n) is 23.7. The number of benzene rings is 1. The monoisotopic (exact) mass is 615 g/mol. The van der Waals surface area contributed by atoms with Crippen molar-refractivity contribution in [3.05, 3.63) is 29.3 Å². The molecular formula is C27H42ClN5O9. The minimum absolute atomic E-state index is 0. The summed E-state index contributed by atoms with van der Waals surface area (Å²) in [5, 5.41) is 8.23. The quantitative estimate of drug-likeness (QED) is 0.103. The molecule has 1 saturated heterocycles. The van der Waals surface area contributed by atoms with Crippen LogP contribution in [0.2, 0.25) is 0 Å². The van der Waals surface area contributed by atoms with Gasteiger partial charge in [-0.15, -0.1) is 12.4 Å². The van der Waals surface area contributed by atoms with Crippen LogP contribution in [0.15, 0.2) is 18.2 Å². The van der Waals surface area contributed by atoms with Crippen LogP contribution in [-0.4, -0.2) is 120 Å². The van der Waals surface area contributed by atoms with Gasteiger partial charge in [-0.1, -0.05) is 0 Å². The molecule has 0 radical (unpaired) electrons. The number of carbonyl (C=O) groups is 4. The average molecular weight is 616 g/mol. The largest absolute Gasteiger partial charge is 0.379 e. The number of amides is 4. The van der Waals surface area contributed by atoms with Crippen LogP contribution in [-0.2, 0) is 44.6 Å². The summed E-state index contributed by atoms with van der Waals surface area (Å²) in [6, 6.07) is 4.29. The highest BCUT2D eigenvalue weighted by Crippen LogP contribution is 2.29. The van der Waals surface area contributed by atoms with Crippen molar-refractivity contribution in [2.24, 2.45) is 5.73 Å². The Bertz CT molecular complexity index is 1020. The van der Waals surface area contributed by atoms with Gasteiger partial charge in [-0.25, -0.2) is 0 Å². The van der Waals surface area contributed by atoms with Crippen molar-refractivity contribution in [2.75, 3.05) is 91.0 Å². The molecule has 1 fully saturated rings. The number of hydrogen-bond acceptors (Lipinski definition) is 11. The molecule has 1 atom stereocenters. The zero-order chi connectivity index (χ0) is 29.3. The number of halogens is 1. The van der Waals surface area contributed by atoms with Gasteiger partial charge >= 0.3 is 0 Å². The Balaban J connectivity index is 0.00000616. The number of piperidine rings is 1. The Kier molecular flexibility index (Phi) is 17.1. The number of nitrogens with two attached hydrogens (primary N) is 1. The van der Waals surface area contributed by atoms with Crippen LogP contribution in [0.3, 0.4) is 0 Å². The molecule has 15 heteroatoms. The third kappa shape index (κ3) is 12.3. The molecule has 0 saturated carbocycles. The lowest BCUT2D eigenvalue weighted by Gasteiger charge is -2.29. The minimum Gasteiger partial charge on any atom is -0.379 e. The summed E-state index contributed by atoms with van der Waals surface area (Å²) in [5.41, 5.74) is 7.05. The minimum atomic E-state index is -0.682. The highest BCUT2D eigenvalue weighted by atomic mass is 35.5. The molecular weight excluding hydrogens is 574 g/mol. The molecule has 5 N–H and O–H groups in total. The Morgan fingerprint density at radius 2 is 1.52 bits per heavy atom. The predicted octanol–water partition coefficient (Wildman–Crippen LogP) is -0.561. The first-order valence-corrected chi connectivity index (χ1v) is 13.9. The number of imide groups is 1. The number of hydrogen-bond donors (Lipinski definition) is 4. The van der Waals surface area contributed by atoms with E-state index in [1.54, 1.807) is 18.2 Å². The summed E-state index contributed by atoms with van der Waals surface area (Å²) < 4.78 is 27.0. The molecule has 42 heavy (non-hydrogen) atoms. The maximum atomic E-state index is 12.8. The van der Waals surface area contributed by atoms with Crippen LogP contribution in [0.5, 0.6) is 0 Å². The van der Waals surface area contributed by atoms with E-state index in [1.165, 1.54) is 4.90 Å². The molecule has 0 aromatic heterocycles. The number of nitrogens with zero attached hydrogens (tertiary/aromatic N) is 1. The van der Waals surface area contributed by atoms with E-state index in [0.29, 0.717) is 82.6 Å². The average Bonchev–Trinajstić information content (AvgIpc) is 3.27. The van der Waals surface area contributed by atoms with E-state index < -0.39 is 11.9 Å². The summed E-state index contributed by atoms with van der Waals surface area (Å²) in [5.74, 6) is -1.40. The SMILES string of the molecule is Cl.NCCOCCNCCOCCOCCOCCOCC(=O)Nc1ccc2c(c1)CN(C1CCC(=O)NC1=O)C2=O. The molecule has 2 aliphatic heterocycles. The summed E-state index contributed by atoms with van der Waals surface area (Å²) in [6.45, 7) is 6.32. The van der Waals surface area contributed by atoms with Gasteiger partial charge < -0.3 is 45.0 Å². The van der Waals surface area contributed by atoms with Gasteiger partial charge in [0.1, 0.15) is 12.6 Å². The fourth-order valence-electron chi connectivity index (χ4n) is 4.27. The van der Waals surface area contributed by atoms with Crippen LogP contribution >= 0.6 is 12.4 Å². The molecule has 1 aromatic rings. The van der Waals surface area contributed by atoms with E-state index in [9.17, 15) is 19.2 Å². The topological polar surface area (TPSA) is 180 Å². The Morgan fingerprint density at radius 3 is 2.17 bits per heavy atom. The molecule has 4 amide bonds. The lowest BCUT2D eigenvalue weighted by molar-refractivity contribution is -0.137. The first kappa shape index (κ1) is 35.5. The molecule has 236 valence electrons. The molecule has 14 nitrogen and oxygen atoms in total. The summed E-state index contributed by atoms with van der Waals surface area (Å²) >= 11 is 0. The van der Waals surface area contributed by atoms with Crippen molar-refractivity contribution in [2.45, 2.75) is 25.4 Å². The molecule has 2 heterocycles. The Morgan fingerprint density at radius 1 is 0.905 bits per heavy atom. The standard InChI is InChI=1S/C27H41N5O9.ClH/c28-5-8-37-9-6-29-7-10-38-11-12-39-13-14-40-15-16-41-19-25(34)30-21-1-2-22-20(17-21)18-32(27(22)36)23-3-4-24(33)31-26(23)35;/h1-2,17,23,29H,3-16,18-19,28H2,(H,30,34)(H,31,33,35);1H. The van der Waals surface area contributed by atoms with E-state index in [-0.39, 0.29) is 56.3 Å². The molecule has 3 rings (SSSR count). The van der Waals surface area contributed by atoms with Crippen molar-refractivity contribution >= 4 is 41.7 Å². The normalized spacial score (nSPS) is 16.3. The highest BCUT2D eigenvalue weighted by Gasteiger charge is 2.39. The van der Waals surface area contributed by atoms with Gasteiger partial charge in [0.25, 0.3) is 5.91 Å². The van der Waals surface area contributed by atoms with Crippen LogP contribution in [0.1, 0.15) is 28.8 Å². The van der Waals surface area contributed by atoms with Crippen LogP contribution in [0, 0.1) is 0 Å². The summed E-state index contributed by atoms with van der Waals surface area (Å²) in [4.78, 5) is 50.1. The van der Waals surface area contributed by atoms with Crippen LogP contribution in [0.4, 0.5) is 5.69 Å². The van der Waals surface area contributed by atoms with E-state index >= 15 is 0 Å². The molecule has 0 bridgehead atoms. The van der Waals surface area contributed by atoms with E-state index in [0.717, 1.165) is 13.1 Å². The van der Waals surface area contributed by atoms with Crippen molar-refractivity contribution in [3.8, 4) is 0 Å². The van der Waals surface area contributed by atoms with Crippen LogP contribution in [0.25, 0.3) is 0 Å². The maximum Gasteiger partial charge on any atom is 0.255 e. The van der Waals surface area contributed by atoms with Crippen molar-refractivity contribution < 1.29 is 42.9 Å². The number of carbonyl (C=O) groups excluding carboxylic acids is 4. The number of rotatable bonds is 21. The van der Waals surface area contributed by atoms with Gasteiger partial charge in [0.05, 0.1) is 59.5 Å². The van der Waals surface area contributed by atoms with Crippen LogP contribution < -0.4 is 21.7 Å². The molecule has 1 aromatic carbocycles. The smallest absolute Gasteiger partial charge is 0.255 e. The fourth-order valence-corrected chi connectivity index (χ4v) is 4.27. The second-order valence-corrected chi connectivity index (χ2v) is 9.36. The second-order valence-electron chi connectivity index (χ2n) is 9.36. The van der Waals surface area contributed by atoms with Gasteiger partial charge in [-0.3, -0.25) is 24.5 Å². The number of anilines is 1. The highest BCUT2D eigenvalue weighted by molar-refractivity contribution is 6.05. The van der Waals surface area contributed by atoms with E-state index in [1.807, 2.05) is 0 Å². The third-order valence-corrected chi connectivity index (χ3v) is 6.27. The molecule has 1 unspecified atom stereocenters. The summed E-state index contributed by atoms with van der Waals surface area (Å²) in [6.07, 6.45) is 0.488. The Labute approximate surface area is 251 Å². The lowest BCUT2D eigenvalue weighted by Crippen LogP contribution is -2.52. The van der Waals surface area contributed by atoms with Crippen molar-refractivity contribution in [1.82, 2.24) is 15.5 Å². The first-order valence-electron chi connectivity index (χ1n) is 13.9. The summed E-state index contributed by atoms with van der Waals surface area (Å²) in [7, 11) is 0.